The van der Waals surface area contributed by atoms with E-state index in [0.717, 1.165) is 38.0 Å². The second kappa shape index (κ2) is 7.32. The number of thiazole rings is 1. The van der Waals surface area contributed by atoms with Crippen LogP contribution in [0.1, 0.15) is 50.6 Å². The molecule has 3 heterocycles. The Balaban J connectivity index is 1.41. The van der Waals surface area contributed by atoms with Crippen molar-refractivity contribution in [3.05, 3.63) is 11.1 Å². The highest BCUT2D eigenvalue weighted by molar-refractivity contribution is 7.14. The molecule has 0 bridgehead atoms. The van der Waals surface area contributed by atoms with Crippen LogP contribution in [0, 0.1) is 5.92 Å². The molecular formula is C18H26N4O2S. The van der Waals surface area contributed by atoms with Crippen molar-refractivity contribution in [2.45, 2.75) is 57.4 Å². The Bertz CT molecular complexity index is 645. The fourth-order valence-electron chi connectivity index (χ4n) is 4.50. The van der Waals surface area contributed by atoms with Crippen molar-refractivity contribution >= 4 is 28.4 Å². The SMILES string of the molecule is O=C1NCCCN1c1nc(CC(=O)N2CCC[C@@H]3CCCC[C@@H]32)cs1. The standard InChI is InChI=1S/C18H26N4O2S/c23-16(21-9-3-6-13-5-1-2-7-15(13)21)11-14-12-25-18(20-14)22-10-4-8-19-17(22)24/h12-13,15H,1-11H2,(H,19,24)/t13-,15-/m0/s1. The molecule has 25 heavy (non-hydrogen) atoms. The second-order valence-corrected chi connectivity index (χ2v) is 8.21. The number of fused-ring (bicyclic) bond motifs is 1. The monoisotopic (exact) mass is 362 g/mol. The lowest BCUT2D eigenvalue weighted by Crippen LogP contribution is -2.50. The normalized spacial score (nSPS) is 27.0. The average Bonchev–Trinajstić information content (AvgIpc) is 3.09. The lowest BCUT2D eigenvalue weighted by Gasteiger charge is -2.44. The summed E-state index contributed by atoms with van der Waals surface area (Å²) in [5, 5.41) is 5.47. The largest absolute Gasteiger partial charge is 0.339 e. The molecule has 6 nitrogen and oxygen atoms in total. The Kier molecular flexibility index (Phi) is 4.92. The molecule has 1 saturated carbocycles. The van der Waals surface area contributed by atoms with E-state index in [2.05, 4.69) is 15.2 Å². The van der Waals surface area contributed by atoms with Crippen molar-refractivity contribution in [1.82, 2.24) is 15.2 Å². The van der Waals surface area contributed by atoms with Crippen molar-refractivity contribution in [3.63, 3.8) is 0 Å². The number of aromatic nitrogens is 1. The first-order chi connectivity index (χ1) is 12.2. The summed E-state index contributed by atoms with van der Waals surface area (Å²) in [6, 6.07) is 0.362. The fraction of sp³-hybridized carbons (Fsp3) is 0.722. The summed E-state index contributed by atoms with van der Waals surface area (Å²) in [5.41, 5.74) is 0.793. The summed E-state index contributed by atoms with van der Waals surface area (Å²) >= 11 is 1.45. The molecule has 136 valence electrons. The van der Waals surface area contributed by atoms with Crippen LogP contribution in [0.4, 0.5) is 9.93 Å². The summed E-state index contributed by atoms with van der Waals surface area (Å²) < 4.78 is 0. The van der Waals surface area contributed by atoms with Crippen molar-refractivity contribution < 1.29 is 9.59 Å². The number of nitrogens with one attached hydrogen (secondary N) is 1. The van der Waals surface area contributed by atoms with Gasteiger partial charge >= 0.3 is 6.03 Å². The summed E-state index contributed by atoms with van der Waals surface area (Å²) in [5.74, 6) is 0.908. The van der Waals surface area contributed by atoms with Crippen molar-refractivity contribution in [2.75, 3.05) is 24.5 Å². The van der Waals surface area contributed by atoms with Gasteiger partial charge in [0.2, 0.25) is 5.91 Å². The molecule has 2 saturated heterocycles. The van der Waals surface area contributed by atoms with Gasteiger partial charge in [0.15, 0.2) is 5.13 Å². The van der Waals surface area contributed by atoms with E-state index in [0.29, 0.717) is 30.1 Å². The Morgan fingerprint density at radius 1 is 1.20 bits per heavy atom. The Labute approximate surface area is 152 Å². The molecule has 1 N–H and O–H groups in total. The number of nitrogens with zero attached hydrogens (tertiary/aromatic N) is 3. The van der Waals surface area contributed by atoms with E-state index >= 15 is 0 Å². The highest BCUT2D eigenvalue weighted by Crippen LogP contribution is 2.35. The van der Waals surface area contributed by atoms with Gasteiger partial charge in [0.25, 0.3) is 0 Å². The van der Waals surface area contributed by atoms with Crippen molar-refractivity contribution in [3.8, 4) is 0 Å². The summed E-state index contributed by atoms with van der Waals surface area (Å²) in [4.78, 5) is 33.2. The molecule has 2 atom stereocenters. The zero-order chi connectivity index (χ0) is 17.2. The number of carbonyl (C=O) groups excluding carboxylic acids is 2. The fourth-order valence-corrected chi connectivity index (χ4v) is 5.35. The zero-order valence-corrected chi connectivity index (χ0v) is 15.4. The molecule has 0 spiro atoms. The van der Waals surface area contributed by atoms with Gasteiger partial charge in [-0.1, -0.05) is 12.8 Å². The minimum Gasteiger partial charge on any atom is -0.339 e. The molecule has 3 aliphatic rings. The van der Waals surface area contributed by atoms with E-state index in [4.69, 9.17) is 0 Å². The average molecular weight is 362 g/mol. The van der Waals surface area contributed by atoms with Crippen LogP contribution in [0.5, 0.6) is 0 Å². The smallest absolute Gasteiger partial charge is 0.323 e. The lowest BCUT2D eigenvalue weighted by atomic mass is 9.78. The number of rotatable bonds is 3. The predicted octanol–water partition coefficient (Wildman–Crippen LogP) is 2.79. The van der Waals surface area contributed by atoms with Crippen molar-refractivity contribution in [2.24, 2.45) is 5.92 Å². The Morgan fingerprint density at radius 3 is 2.92 bits per heavy atom. The van der Waals surface area contributed by atoms with Gasteiger partial charge in [-0.3, -0.25) is 9.69 Å². The number of urea groups is 1. The Hall–Kier alpha value is -1.63. The van der Waals surface area contributed by atoms with E-state index in [1.54, 1.807) is 4.90 Å². The van der Waals surface area contributed by atoms with Crippen LogP contribution in [0.2, 0.25) is 0 Å². The molecule has 3 fully saturated rings. The number of anilines is 1. The second-order valence-electron chi connectivity index (χ2n) is 7.38. The maximum absolute atomic E-state index is 12.9. The van der Waals surface area contributed by atoms with Crippen LogP contribution in [0.15, 0.2) is 5.38 Å². The molecule has 0 aromatic carbocycles. The van der Waals surface area contributed by atoms with Gasteiger partial charge in [-0.2, -0.15) is 0 Å². The van der Waals surface area contributed by atoms with Gasteiger partial charge in [-0.25, -0.2) is 9.78 Å². The number of piperidine rings is 1. The first kappa shape index (κ1) is 16.8. The molecule has 0 unspecified atom stereocenters. The van der Waals surface area contributed by atoms with Gasteiger partial charge in [0.1, 0.15) is 0 Å². The number of amides is 3. The first-order valence-electron chi connectivity index (χ1n) is 9.51. The van der Waals surface area contributed by atoms with Gasteiger partial charge in [0, 0.05) is 31.1 Å². The predicted molar refractivity (Wildman–Crippen MR) is 97.9 cm³/mol. The maximum atomic E-state index is 12.9. The summed E-state index contributed by atoms with van der Waals surface area (Å²) in [7, 11) is 0. The molecular weight excluding hydrogens is 336 g/mol. The molecule has 3 amide bonds. The lowest BCUT2D eigenvalue weighted by molar-refractivity contribution is -0.136. The van der Waals surface area contributed by atoms with Crippen LogP contribution < -0.4 is 10.2 Å². The van der Waals surface area contributed by atoms with Gasteiger partial charge in [0.05, 0.1) is 12.1 Å². The van der Waals surface area contributed by atoms with Crippen LogP contribution in [-0.4, -0.2) is 47.5 Å². The van der Waals surface area contributed by atoms with Crippen LogP contribution in [0.25, 0.3) is 0 Å². The van der Waals surface area contributed by atoms with Crippen LogP contribution in [0.3, 0.4) is 0 Å². The quantitative estimate of drug-likeness (QED) is 0.899. The van der Waals surface area contributed by atoms with E-state index < -0.39 is 0 Å². The van der Waals surface area contributed by atoms with E-state index in [9.17, 15) is 9.59 Å². The molecule has 0 radical (unpaired) electrons. The third kappa shape index (κ3) is 3.52. The molecule has 1 aromatic rings. The van der Waals surface area contributed by atoms with E-state index in [1.807, 2.05) is 5.38 Å². The molecule has 1 aromatic heterocycles. The Morgan fingerprint density at radius 2 is 2.04 bits per heavy atom. The third-order valence-corrected chi connectivity index (χ3v) is 6.66. The zero-order valence-electron chi connectivity index (χ0n) is 14.6. The minimum absolute atomic E-state index is 0.0837. The number of carbonyl (C=O) groups is 2. The van der Waals surface area contributed by atoms with Crippen molar-refractivity contribution in [1.29, 1.82) is 0 Å². The third-order valence-electron chi connectivity index (χ3n) is 5.75. The van der Waals surface area contributed by atoms with Gasteiger partial charge in [-0.15, -0.1) is 11.3 Å². The van der Waals surface area contributed by atoms with E-state index in [1.165, 1.54) is 37.0 Å². The number of likely N-dealkylation sites (tertiary alicyclic amines) is 1. The highest BCUT2D eigenvalue weighted by atomic mass is 32.1. The number of hydrogen-bond donors (Lipinski definition) is 1. The number of hydrogen-bond acceptors (Lipinski definition) is 4. The topological polar surface area (TPSA) is 65.5 Å². The highest BCUT2D eigenvalue weighted by Gasteiger charge is 2.35. The summed E-state index contributed by atoms with van der Waals surface area (Å²) in [6.45, 7) is 2.32. The maximum Gasteiger partial charge on any atom is 0.323 e. The van der Waals surface area contributed by atoms with Gasteiger partial charge in [-0.05, 0) is 38.0 Å². The molecule has 7 heteroatoms. The summed E-state index contributed by atoms with van der Waals surface area (Å²) in [6.07, 6.45) is 8.69. The van der Waals surface area contributed by atoms with Crippen LogP contribution >= 0.6 is 11.3 Å². The first-order valence-corrected chi connectivity index (χ1v) is 10.4. The molecule has 1 aliphatic carbocycles. The van der Waals surface area contributed by atoms with Gasteiger partial charge < -0.3 is 10.2 Å². The molecule has 2 aliphatic heterocycles. The van der Waals surface area contributed by atoms with Crippen LogP contribution in [-0.2, 0) is 11.2 Å². The minimum atomic E-state index is -0.0837. The van der Waals surface area contributed by atoms with E-state index in [-0.39, 0.29) is 11.9 Å². The molecule has 4 rings (SSSR count).